The van der Waals surface area contributed by atoms with Gasteiger partial charge in [-0.3, -0.25) is 0 Å². The number of para-hydroxylation sites is 1. The number of carbonyl (C=O) groups is 1. The average Bonchev–Trinajstić information content (AvgIpc) is 2.30. The monoisotopic (exact) mass is 219 g/mol. The van der Waals surface area contributed by atoms with Crippen molar-refractivity contribution in [2.24, 2.45) is 4.99 Å². The minimum atomic E-state index is -0.456. The highest BCUT2D eigenvalue weighted by Crippen LogP contribution is 2.18. The maximum atomic E-state index is 11.6. The fraction of sp³-hybridized carbons (Fsp3) is 0.333. The lowest BCUT2D eigenvalue weighted by Gasteiger charge is -2.05. The van der Waals surface area contributed by atoms with Crippen LogP contribution >= 0.6 is 0 Å². The Morgan fingerprint density at radius 3 is 2.88 bits per heavy atom. The van der Waals surface area contributed by atoms with Crippen LogP contribution in [0.2, 0.25) is 0 Å². The third kappa shape index (κ3) is 3.33. The standard InChI is InChI=1S/C12H13NO3/c1-2-3-8-16-12(15)10-6-4-5-7-11(10)13-9-14/h4-7H,2-3,8H2,1H3. The van der Waals surface area contributed by atoms with Gasteiger partial charge in [-0.1, -0.05) is 25.5 Å². The molecule has 0 aromatic heterocycles. The topological polar surface area (TPSA) is 55.7 Å². The lowest BCUT2D eigenvalue weighted by atomic mass is 10.2. The summed E-state index contributed by atoms with van der Waals surface area (Å²) in [5, 5.41) is 0. The number of nitrogens with zero attached hydrogens (tertiary/aromatic N) is 1. The van der Waals surface area contributed by atoms with E-state index in [1.54, 1.807) is 24.3 Å². The van der Waals surface area contributed by atoms with E-state index in [4.69, 9.17) is 4.74 Å². The van der Waals surface area contributed by atoms with Gasteiger partial charge in [0.2, 0.25) is 6.08 Å². The number of esters is 1. The summed E-state index contributed by atoms with van der Waals surface area (Å²) in [5.41, 5.74) is 0.584. The highest BCUT2D eigenvalue weighted by atomic mass is 16.5. The molecule has 84 valence electrons. The normalized spacial score (nSPS) is 9.31. The van der Waals surface area contributed by atoms with Gasteiger partial charge in [0, 0.05) is 0 Å². The van der Waals surface area contributed by atoms with Gasteiger partial charge in [-0.05, 0) is 18.6 Å². The molecule has 1 aromatic carbocycles. The molecule has 0 unspecified atom stereocenters. The van der Waals surface area contributed by atoms with Crippen LogP contribution in [0, 0.1) is 0 Å². The summed E-state index contributed by atoms with van der Waals surface area (Å²) in [7, 11) is 0. The Morgan fingerprint density at radius 2 is 2.19 bits per heavy atom. The molecule has 1 aromatic rings. The summed E-state index contributed by atoms with van der Waals surface area (Å²) in [5.74, 6) is -0.456. The number of carbonyl (C=O) groups excluding carboxylic acids is 2. The summed E-state index contributed by atoms with van der Waals surface area (Å²) in [6.07, 6.45) is 3.20. The van der Waals surface area contributed by atoms with E-state index in [1.807, 2.05) is 6.92 Å². The Balaban J connectivity index is 2.78. The Kier molecular flexibility index (Phi) is 4.96. The minimum Gasteiger partial charge on any atom is -0.462 e. The highest BCUT2D eigenvalue weighted by Gasteiger charge is 2.11. The number of benzene rings is 1. The second-order valence-electron chi connectivity index (χ2n) is 3.21. The van der Waals surface area contributed by atoms with E-state index < -0.39 is 5.97 Å². The van der Waals surface area contributed by atoms with Crippen molar-refractivity contribution in [3.8, 4) is 0 Å². The van der Waals surface area contributed by atoms with Crippen molar-refractivity contribution in [2.75, 3.05) is 6.61 Å². The molecule has 0 spiro atoms. The first-order chi connectivity index (χ1) is 7.79. The van der Waals surface area contributed by atoms with Crippen LogP contribution in [0.5, 0.6) is 0 Å². The minimum absolute atomic E-state index is 0.291. The Hall–Kier alpha value is -1.93. The molecular weight excluding hydrogens is 206 g/mol. The molecule has 0 aliphatic heterocycles. The molecule has 0 bridgehead atoms. The molecule has 0 amide bonds. The van der Waals surface area contributed by atoms with E-state index in [1.165, 1.54) is 6.08 Å². The van der Waals surface area contributed by atoms with Crippen LogP contribution in [-0.4, -0.2) is 18.7 Å². The van der Waals surface area contributed by atoms with Crippen LogP contribution in [0.15, 0.2) is 29.3 Å². The zero-order valence-electron chi connectivity index (χ0n) is 9.10. The van der Waals surface area contributed by atoms with Crippen LogP contribution in [0.25, 0.3) is 0 Å². The van der Waals surface area contributed by atoms with Gasteiger partial charge in [-0.15, -0.1) is 0 Å². The number of aliphatic imine (C=N–C) groups is 1. The fourth-order valence-electron chi connectivity index (χ4n) is 1.18. The van der Waals surface area contributed by atoms with E-state index in [-0.39, 0.29) is 0 Å². The maximum absolute atomic E-state index is 11.6. The van der Waals surface area contributed by atoms with Gasteiger partial charge < -0.3 is 4.74 Å². The first kappa shape index (κ1) is 12.1. The molecule has 0 radical (unpaired) electrons. The molecule has 0 aliphatic carbocycles. The van der Waals surface area contributed by atoms with Gasteiger partial charge >= 0.3 is 5.97 Å². The van der Waals surface area contributed by atoms with Crippen molar-refractivity contribution in [2.45, 2.75) is 19.8 Å². The zero-order chi connectivity index (χ0) is 11.8. The summed E-state index contributed by atoms with van der Waals surface area (Å²) in [6.45, 7) is 2.40. The number of rotatable bonds is 5. The molecular formula is C12H13NO3. The third-order valence-corrected chi connectivity index (χ3v) is 2.02. The second kappa shape index (κ2) is 6.53. The van der Waals surface area contributed by atoms with Gasteiger partial charge in [-0.25, -0.2) is 9.59 Å². The van der Waals surface area contributed by atoms with Gasteiger partial charge in [0.15, 0.2) is 0 Å². The first-order valence-electron chi connectivity index (χ1n) is 5.13. The highest BCUT2D eigenvalue weighted by molar-refractivity contribution is 5.95. The number of hydrogen-bond acceptors (Lipinski definition) is 4. The van der Waals surface area contributed by atoms with E-state index in [2.05, 4.69) is 4.99 Å². The predicted octanol–water partition coefficient (Wildman–Crippen LogP) is 2.61. The molecule has 4 heteroatoms. The summed E-state index contributed by atoms with van der Waals surface area (Å²) >= 11 is 0. The molecule has 0 aliphatic rings. The van der Waals surface area contributed by atoms with Crippen LogP contribution < -0.4 is 0 Å². The Morgan fingerprint density at radius 1 is 1.44 bits per heavy atom. The van der Waals surface area contributed by atoms with Crippen molar-refractivity contribution < 1.29 is 14.3 Å². The molecule has 16 heavy (non-hydrogen) atoms. The lowest BCUT2D eigenvalue weighted by molar-refractivity contribution is 0.0501. The van der Waals surface area contributed by atoms with Crippen molar-refractivity contribution in [3.63, 3.8) is 0 Å². The third-order valence-electron chi connectivity index (χ3n) is 2.02. The summed E-state index contributed by atoms with van der Waals surface area (Å²) in [6, 6.07) is 6.53. The molecule has 0 saturated carbocycles. The van der Waals surface area contributed by atoms with Gasteiger partial charge in [-0.2, -0.15) is 4.99 Å². The number of isocyanates is 1. The van der Waals surface area contributed by atoms with Crippen molar-refractivity contribution in [1.82, 2.24) is 0 Å². The largest absolute Gasteiger partial charge is 0.462 e. The molecule has 0 N–H and O–H groups in total. The Bertz CT molecular complexity index is 408. The van der Waals surface area contributed by atoms with Crippen molar-refractivity contribution in [1.29, 1.82) is 0 Å². The number of ether oxygens (including phenoxy) is 1. The molecule has 0 atom stereocenters. The quantitative estimate of drug-likeness (QED) is 0.331. The predicted molar refractivity (Wildman–Crippen MR) is 59.4 cm³/mol. The second-order valence-corrected chi connectivity index (χ2v) is 3.21. The van der Waals surface area contributed by atoms with Crippen molar-refractivity contribution >= 4 is 17.7 Å². The van der Waals surface area contributed by atoms with Gasteiger partial charge in [0.1, 0.15) is 0 Å². The molecule has 4 nitrogen and oxygen atoms in total. The summed E-state index contributed by atoms with van der Waals surface area (Å²) < 4.78 is 5.03. The van der Waals surface area contributed by atoms with Crippen LogP contribution in [0.1, 0.15) is 30.1 Å². The first-order valence-corrected chi connectivity index (χ1v) is 5.13. The Labute approximate surface area is 94.0 Å². The summed E-state index contributed by atoms with van der Waals surface area (Å²) in [4.78, 5) is 25.2. The van der Waals surface area contributed by atoms with Crippen LogP contribution in [0.3, 0.4) is 0 Å². The van der Waals surface area contributed by atoms with Crippen LogP contribution in [0.4, 0.5) is 5.69 Å². The number of hydrogen-bond donors (Lipinski definition) is 0. The number of unbranched alkanes of at least 4 members (excludes halogenated alkanes) is 1. The molecule has 1 rings (SSSR count). The van der Waals surface area contributed by atoms with E-state index in [9.17, 15) is 9.59 Å². The smallest absolute Gasteiger partial charge is 0.340 e. The average molecular weight is 219 g/mol. The SMILES string of the molecule is CCCCOC(=O)c1ccccc1N=C=O. The lowest BCUT2D eigenvalue weighted by Crippen LogP contribution is -2.06. The molecule has 0 saturated heterocycles. The zero-order valence-corrected chi connectivity index (χ0v) is 9.10. The maximum Gasteiger partial charge on any atom is 0.340 e. The fourth-order valence-corrected chi connectivity index (χ4v) is 1.18. The van der Waals surface area contributed by atoms with Gasteiger partial charge in [0.25, 0.3) is 0 Å². The van der Waals surface area contributed by atoms with Crippen molar-refractivity contribution in [3.05, 3.63) is 29.8 Å². The molecule has 0 fully saturated rings. The van der Waals surface area contributed by atoms with E-state index in [0.29, 0.717) is 17.9 Å². The molecule has 0 heterocycles. The van der Waals surface area contributed by atoms with E-state index >= 15 is 0 Å². The van der Waals surface area contributed by atoms with Gasteiger partial charge in [0.05, 0.1) is 17.9 Å². The van der Waals surface area contributed by atoms with E-state index in [0.717, 1.165) is 12.8 Å². The van der Waals surface area contributed by atoms with Crippen LogP contribution in [-0.2, 0) is 9.53 Å².